The van der Waals surface area contributed by atoms with Crippen LogP contribution in [0.15, 0.2) is 30.4 Å². The number of allylic oxidation sites excluding steroid dienone is 2. The Kier molecular flexibility index (Phi) is 3.20. The number of benzene rings is 1. The number of ketones is 1. The number of carbonyl (C=O) groups is 1. The van der Waals surface area contributed by atoms with Crippen molar-refractivity contribution in [3.63, 3.8) is 0 Å². The molecule has 0 aliphatic rings. The third-order valence-corrected chi connectivity index (χ3v) is 1.75. The van der Waals surface area contributed by atoms with Gasteiger partial charge in [0, 0.05) is 5.02 Å². The van der Waals surface area contributed by atoms with Crippen LogP contribution < -0.4 is 0 Å². The van der Waals surface area contributed by atoms with Crippen LogP contribution in [0.3, 0.4) is 0 Å². The first-order chi connectivity index (χ1) is 6.15. The lowest BCUT2D eigenvalue weighted by molar-refractivity contribution is 0.104. The molecule has 0 spiro atoms. The Labute approximate surface area is 80.8 Å². The molecule has 0 aromatic heterocycles. The molecule has 0 aliphatic heterocycles. The molecule has 1 nitrogen and oxygen atoms in total. The maximum atomic E-state index is 13.1. The van der Waals surface area contributed by atoms with Gasteiger partial charge in [-0.1, -0.05) is 17.7 Å². The zero-order valence-electron chi connectivity index (χ0n) is 7.05. The second-order valence-electron chi connectivity index (χ2n) is 2.49. The standard InChI is InChI=1S/C10H8ClFO/c1-2-3-10(13)8-5-4-7(11)6-9(8)12/h2-6H,1H3/b3-2+. The zero-order chi connectivity index (χ0) is 9.84. The predicted molar refractivity (Wildman–Crippen MR) is 50.6 cm³/mol. The average molecular weight is 199 g/mol. The Morgan fingerprint density at radius 2 is 2.23 bits per heavy atom. The fraction of sp³-hybridized carbons (Fsp3) is 0.100. The highest BCUT2D eigenvalue weighted by molar-refractivity contribution is 6.30. The Morgan fingerprint density at radius 1 is 1.54 bits per heavy atom. The molecule has 0 heterocycles. The van der Waals surface area contributed by atoms with Crippen molar-refractivity contribution >= 4 is 17.4 Å². The smallest absolute Gasteiger partial charge is 0.188 e. The van der Waals surface area contributed by atoms with E-state index in [2.05, 4.69) is 0 Å². The molecule has 0 amide bonds. The summed E-state index contributed by atoms with van der Waals surface area (Å²) < 4.78 is 13.1. The van der Waals surface area contributed by atoms with Gasteiger partial charge in [0.2, 0.25) is 0 Å². The van der Waals surface area contributed by atoms with E-state index in [4.69, 9.17) is 11.6 Å². The summed E-state index contributed by atoms with van der Waals surface area (Å²) in [6.45, 7) is 1.70. The second kappa shape index (κ2) is 4.19. The van der Waals surface area contributed by atoms with Gasteiger partial charge < -0.3 is 0 Å². The highest BCUT2D eigenvalue weighted by Crippen LogP contribution is 2.15. The van der Waals surface area contributed by atoms with Crippen molar-refractivity contribution in [1.29, 1.82) is 0 Å². The Hall–Kier alpha value is -1.15. The molecule has 3 heteroatoms. The maximum Gasteiger partial charge on any atom is 0.188 e. The minimum Gasteiger partial charge on any atom is -0.289 e. The van der Waals surface area contributed by atoms with E-state index in [9.17, 15) is 9.18 Å². The molecule has 0 aliphatic carbocycles. The summed E-state index contributed by atoms with van der Waals surface area (Å²) in [5, 5.41) is 0.287. The van der Waals surface area contributed by atoms with Crippen molar-refractivity contribution in [2.24, 2.45) is 0 Å². The van der Waals surface area contributed by atoms with Gasteiger partial charge in [-0.2, -0.15) is 0 Å². The van der Waals surface area contributed by atoms with Gasteiger partial charge in [0.1, 0.15) is 5.82 Å². The number of hydrogen-bond donors (Lipinski definition) is 0. The van der Waals surface area contributed by atoms with Crippen molar-refractivity contribution < 1.29 is 9.18 Å². The predicted octanol–water partition coefficient (Wildman–Crippen LogP) is 3.24. The largest absolute Gasteiger partial charge is 0.289 e. The summed E-state index contributed by atoms with van der Waals surface area (Å²) in [7, 11) is 0. The quantitative estimate of drug-likeness (QED) is 0.527. The highest BCUT2D eigenvalue weighted by atomic mass is 35.5. The summed E-state index contributed by atoms with van der Waals surface area (Å²) in [5.41, 5.74) is 0.0440. The van der Waals surface area contributed by atoms with E-state index >= 15 is 0 Å². The number of halogens is 2. The van der Waals surface area contributed by atoms with Crippen LogP contribution in [0.4, 0.5) is 4.39 Å². The Bertz CT molecular complexity index is 358. The van der Waals surface area contributed by atoms with E-state index in [-0.39, 0.29) is 16.4 Å². The fourth-order valence-corrected chi connectivity index (χ4v) is 1.09. The third-order valence-electron chi connectivity index (χ3n) is 1.51. The first-order valence-electron chi connectivity index (χ1n) is 3.77. The van der Waals surface area contributed by atoms with Crippen LogP contribution in [0.5, 0.6) is 0 Å². The molecule has 0 radical (unpaired) electrons. The van der Waals surface area contributed by atoms with Gasteiger partial charge in [0.25, 0.3) is 0 Å². The molecule has 0 saturated carbocycles. The molecule has 0 fully saturated rings. The summed E-state index contributed by atoms with van der Waals surface area (Å²) in [6.07, 6.45) is 2.88. The third kappa shape index (κ3) is 2.39. The van der Waals surface area contributed by atoms with Crippen LogP contribution in [0.1, 0.15) is 17.3 Å². The summed E-state index contributed by atoms with van der Waals surface area (Å²) in [4.78, 5) is 11.2. The van der Waals surface area contributed by atoms with E-state index in [0.717, 1.165) is 6.07 Å². The van der Waals surface area contributed by atoms with Crippen LogP contribution in [0.2, 0.25) is 5.02 Å². The van der Waals surface area contributed by atoms with E-state index < -0.39 is 5.82 Å². The van der Waals surface area contributed by atoms with Crippen molar-refractivity contribution in [3.8, 4) is 0 Å². The molecule has 1 aromatic carbocycles. The summed E-state index contributed by atoms with van der Waals surface area (Å²) in [5.74, 6) is -0.938. The monoisotopic (exact) mass is 198 g/mol. The zero-order valence-corrected chi connectivity index (χ0v) is 7.81. The lowest BCUT2D eigenvalue weighted by Crippen LogP contribution is -1.97. The number of hydrogen-bond acceptors (Lipinski definition) is 1. The van der Waals surface area contributed by atoms with E-state index in [0.29, 0.717) is 0 Å². The topological polar surface area (TPSA) is 17.1 Å². The van der Waals surface area contributed by atoms with Crippen LogP contribution in [0, 0.1) is 5.82 Å². The highest BCUT2D eigenvalue weighted by Gasteiger charge is 2.08. The molecule has 0 atom stereocenters. The average Bonchev–Trinajstić information content (AvgIpc) is 2.04. The first-order valence-corrected chi connectivity index (χ1v) is 4.15. The molecule has 1 rings (SSSR count). The van der Waals surface area contributed by atoms with Crippen LogP contribution >= 0.6 is 11.6 Å². The van der Waals surface area contributed by atoms with Crippen molar-refractivity contribution in [2.75, 3.05) is 0 Å². The number of rotatable bonds is 2. The normalized spacial score (nSPS) is 10.7. The van der Waals surface area contributed by atoms with Gasteiger partial charge in [0.15, 0.2) is 5.78 Å². The van der Waals surface area contributed by atoms with Gasteiger partial charge in [0.05, 0.1) is 5.56 Å². The minimum atomic E-state index is -0.587. The SMILES string of the molecule is C/C=C/C(=O)c1ccc(Cl)cc1F. The second-order valence-corrected chi connectivity index (χ2v) is 2.92. The van der Waals surface area contributed by atoms with Crippen LogP contribution in [-0.2, 0) is 0 Å². The van der Waals surface area contributed by atoms with E-state index in [1.165, 1.54) is 18.2 Å². The minimum absolute atomic E-state index is 0.0440. The van der Waals surface area contributed by atoms with Crippen molar-refractivity contribution in [3.05, 3.63) is 46.8 Å². The Balaban J connectivity index is 3.09. The molecular formula is C10H8ClFO. The number of carbonyl (C=O) groups excluding carboxylic acids is 1. The molecule has 1 aromatic rings. The summed E-state index contributed by atoms with van der Waals surface area (Å²) in [6, 6.07) is 3.99. The molecule has 68 valence electrons. The maximum absolute atomic E-state index is 13.1. The lowest BCUT2D eigenvalue weighted by Gasteiger charge is -1.98. The van der Waals surface area contributed by atoms with E-state index in [1.807, 2.05) is 0 Å². The summed E-state index contributed by atoms with van der Waals surface area (Å²) >= 11 is 5.53. The van der Waals surface area contributed by atoms with Gasteiger partial charge in [-0.05, 0) is 31.2 Å². The molecule has 0 unspecified atom stereocenters. The van der Waals surface area contributed by atoms with Crippen molar-refractivity contribution in [2.45, 2.75) is 6.92 Å². The van der Waals surface area contributed by atoms with Crippen LogP contribution in [-0.4, -0.2) is 5.78 Å². The first kappa shape index (κ1) is 9.93. The van der Waals surface area contributed by atoms with Gasteiger partial charge in [-0.3, -0.25) is 4.79 Å². The fourth-order valence-electron chi connectivity index (χ4n) is 0.930. The van der Waals surface area contributed by atoms with Gasteiger partial charge in [-0.15, -0.1) is 0 Å². The molecule has 0 bridgehead atoms. The van der Waals surface area contributed by atoms with Gasteiger partial charge in [-0.25, -0.2) is 4.39 Å². The van der Waals surface area contributed by atoms with Crippen molar-refractivity contribution in [1.82, 2.24) is 0 Å². The van der Waals surface area contributed by atoms with Crippen LogP contribution in [0.25, 0.3) is 0 Å². The molecule has 0 saturated heterocycles. The lowest BCUT2D eigenvalue weighted by atomic mass is 10.1. The van der Waals surface area contributed by atoms with Gasteiger partial charge >= 0.3 is 0 Å². The molecular weight excluding hydrogens is 191 g/mol. The molecule has 13 heavy (non-hydrogen) atoms. The Morgan fingerprint density at radius 3 is 2.77 bits per heavy atom. The van der Waals surface area contributed by atoms with E-state index in [1.54, 1.807) is 13.0 Å². The molecule has 0 N–H and O–H groups in total.